The molecule has 0 unspecified atom stereocenters. The van der Waals surface area contributed by atoms with Crippen molar-refractivity contribution in [1.82, 2.24) is 4.90 Å². The van der Waals surface area contributed by atoms with Crippen molar-refractivity contribution in [2.45, 2.75) is 13.3 Å². The van der Waals surface area contributed by atoms with Gasteiger partial charge in [-0.15, -0.1) is 0 Å². The topological polar surface area (TPSA) is 71.1 Å². The van der Waals surface area contributed by atoms with E-state index in [1.54, 1.807) is 13.1 Å². The Hall–Kier alpha value is -3.32. The van der Waals surface area contributed by atoms with E-state index in [1.165, 1.54) is 11.0 Å². The number of anilines is 2. The van der Waals surface area contributed by atoms with Crippen LogP contribution in [0.3, 0.4) is 0 Å². The molecule has 2 amide bonds. The molecule has 0 radical (unpaired) electrons. The Balaban J connectivity index is 1.46. The van der Waals surface area contributed by atoms with Gasteiger partial charge in [0.1, 0.15) is 5.75 Å². The first-order chi connectivity index (χ1) is 15.5. The summed E-state index contributed by atoms with van der Waals surface area (Å²) < 4.78 is 10.9. The smallest absolute Gasteiger partial charge is 0.246 e. The number of likely N-dealkylation sites (N-methyl/N-ethyl adjacent to an activating group) is 1. The first-order valence-corrected chi connectivity index (χ1v) is 10.9. The number of nitrogens with zero attached hydrogens (tertiary/aromatic N) is 2. The molecule has 2 aromatic carbocycles. The van der Waals surface area contributed by atoms with Gasteiger partial charge in [-0.05, 0) is 54.5 Å². The first-order valence-electron chi connectivity index (χ1n) is 10.9. The molecule has 0 aromatic heterocycles. The van der Waals surface area contributed by atoms with Gasteiger partial charge in [0.25, 0.3) is 0 Å². The number of nitrogens with one attached hydrogen (secondary N) is 1. The summed E-state index contributed by atoms with van der Waals surface area (Å²) >= 11 is 0. The van der Waals surface area contributed by atoms with Crippen LogP contribution in [0.5, 0.6) is 5.75 Å². The molecule has 2 aromatic rings. The van der Waals surface area contributed by atoms with E-state index in [0.717, 1.165) is 49.7 Å². The molecule has 0 atom stereocenters. The Labute approximate surface area is 189 Å². The predicted octanol–water partition coefficient (Wildman–Crippen LogP) is 3.42. The number of amides is 2. The van der Waals surface area contributed by atoms with Crippen molar-refractivity contribution in [1.29, 1.82) is 0 Å². The molecule has 0 bridgehead atoms. The van der Waals surface area contributed by atoms with E-state index in [4.69, 9.17) is 9.47 Å². The van der Waals surface area contributed by atoms with Crippen LogP contribution < -0.4 is 15.0 Å². The Morgan fingerprint density at radius 2 is 1.78 bits per heavy atom. The number of rotatable bonds is 9. The van der Waals surface area contributed by atoms with Crippen LogP contribution in [-0.4, -0.2) is 63.2 Å². The summed E-state index contributed by atoms with van der Waals surface area (Å²) in [5, 5.41) is 2.84. The van der Waals surface area contributed by atoms with E-state index < -0.39 is 0 Å². The molecule has 1 aliphatic heterocycles. The average Bonchev–Trinajstić information content (AvgIpc) is 2.82. The molecule has 0 aliphatic carbocycles. The molecule has 7 heteroatoms. The third-order valence-corrected chi connectivity index (χ3v) is 5.06. The first kappa shape index (κ1) is 23.3. The Bertz CT molecular complexity index is 904. The van der Waals surface area contributed by atoms with Gasteiger partial charge in [0.15, 0.2) is 0 Å². The zero-order chi connectivity index (χ0) is 22.8. The van der Waals surface area contributed by atoms with Crippen LogP contribution >= 0.6 is 0 Å². The summed E-state index contributed by atoms with van der Waals surface area (Å²) in [6, 6.07) is 15.2. The van der Waals surface area contributed by atoms with Crippen LogP contribution in [0.1, 0.15) is 18.9 Å². The second kappa shape index (κ2) is 11.9. The average molecular weight is 438 g/mol. The fourth-order valence-corrected chi connectivity index (χ4v) is 3.26. The minimum absolute atomic E-state index is 0.0296. The third-order valence-electron chi connectivity index (χ3n) is 5.06. The van der Waals surface area contributed by atoms with Crippen molar-refractivity contribution in [3.8, 4) is 5.75 Å². The van der Waals surface area contributed by atoms with Crippen LogP contribution in [0.25, 0.3) is 6.08 Å². The van der Waals surface area contributed by atoms with Crippen molar-refractivity contribution in [3.05, 3.63) is 60.2 Å². The number of benzene rings is 2. The predicted molar refractivity (Wildman–Crippen MR) is 127 cm³/mol. The van der Waals surface area contributed by atoms with E-state index in [9.17, 15) is 9.59 Å². The fourth-order valence-electron chi connectivity index (χ4n) is 3.26. The van der Waals surface area contributed by atoms with Crippen molar-refractivity contribution in [2.75, 3.05) is 56.7 Å². The minimum Gasteiger partial charge on any atom is -0.494 e. The highest BCUT2D eigenvalue weighted by Gasteiger charge is 2.13. The number of ether oxygens (including phenoxy) is 2. The SMILES string of the molecule is CCCOc1ccc(/C=C/C(=O)N(C)CC(=O)Nc2ccc(N3CCOCC3)cc2)cc1. The van der Waals surface area contributed by atoms with Crippen LogP contribution in [0.15, 0.2) is 54.6 Å². The standard InChI is InChI=1S/C25H31N3O4/c1-3-16-32-23-11-4-20(5-12-23)6-13-25(30)27(2)19-24(29)26-21-7-9-22(10-8-21)28-14-17-31-18-15-28/h4-13H,3,14-19H2,1-2H3,(H,26,29)/b13-6+. The Morgan fingerprint density at radius 1 is 1.09 bits per heavy atom. The number of hydrogen-bond donors (Lipinski definition) is 1. The summed E-state index contributed by atoms with van der Waals surface area (Å²) in [5.74, 6) is 0.321. The van der Waals surface area contributed by atoms with Gasteiger partial charge in [-0.2, -0.15) is 0 Å². The van der Waals surface area contributed by atoms with Crippen molar-refractivity contribution in [2.24, 2.45) is 0 Å². The maximum atomic E-state index is 12.4. The molecule has 0 spiro atoms. The van der Waals surface area contributed by atoms with Gasteiger partial charge in [-0.25, -0.2) is 0 Å². The Morgan fingerprint density at radius 3 is 2.44 bits per heavy atom. The molecule has 7 nitrogen and oxygen atoms in total. The van der Waals surface area contributed by atoms with Crippen LogP contribution in [0, 0.1) is 0 Å². The van der Waals surface area contributed by atoms with Gasteiger partial charge in [0.05, 0.1) is 26.4 Å². The van der Waals surface area contributed by atoms with E-state index in [1.807, 2.05) is 48.5 Å². The number of hydrogen-bond acceptors (Lipinski definition) is 5. The molecule has 170 valence electrons. The van der Waals surface area contributed by atoms with Gasteiger partial charge in [-0.3, -0.25) is 9.59 Å². The highest BCUT2D eigenvalue weighted by Crippen LogP contribution is 2.19. The maximum Gasteiger partial charge on any atom is 0.246 e. The lowest BCUT2D eigenvalue weighted by molar-refractivity contribution is -0.129. The van der Waals surface area contributed by atoms with Crippen molar-refractivity contribution >= 4 is 29.3 Å². The summed E-state index contributed by atoms with van der Waals surface area (Å²) in [6.07, 6.45) is 4.15. The van der Waals surface area contributed by atoms with Gasteiger partial charge < -0.3 is 24.6 Å². The maximum absolute atomic E-state index is 12.4. The van der Waals surface area contributed by atoms with Gasteiger partial charge in [-0.1, -0.05) is 19.1 Å². The summed E-state index contributed by atoms with van der Waals surface area (Å²) in [7, 11) is 1.61. The third kappa shape index (κ3) is 7.13. The van der Waals surface area contributed by atoms with Crippen molar-refractivity contribution in [3.63, 3.8) is 0 Å². The second-order valence-corrected chi connectivity index (χ2v) is 7.64. The van der Waals surface area contributed by atoms with Crippen LogP contribution in [0.2, 0.25) is 0 Å². The molecule has 3 rings (SSSR count). The molecule has 1 saturated heterocycles. The number of carbonyl (C=O) groups excluding carboxylic acids is 2. The van der Waals surface area contributed by atoms with Crippen LogP contribution in [0.4, 0.5) is 11.4 Å². The van der Waals surface area contributed by atoms with E-state index in [-0.39, 0.29) is 18.4 Å². The quantitative estimate of drug-likeness (QED) is 0.609. The molecule has 1 N–H and O–H groups in total. The lowest BCUT2D eigenvalue weighted by atomic mass is 10.2. The van der Waals surface area contributed by atoms with Crippen molar-refractivity contribution < 1.29 is 19.1 Å². The van der Waals surface area contributed by atoms with E-state index >= 15 is 0 Å². The highest BCUT2D eigenvalue weighted by molar-refractivity contribution is 5.98. The monoisotopic (exact) mass is 437 g/mol. The lowest BCUT2D eigenvalue weighted by Crippen LogP contribution is -2.36. The second-order valence-electron chi connectivity index (χ2n) is 7.64. The highest BCUT2D eigenvalue weighted by atomic mass is 16.5. The summed E-state index contributed by atoms with van der Waals surface area (Å²) in [5.41, 5.74) is 2.70. The minimum atomic E-state index is -0.245. The number of morpholine rings is 1. The zero-order valence-electron chi connectivity index (χ0n) is 18.8. The Kier molecular flexibility index (Phi) is 8.69. The normalized spacial score (nSPS) is 13.8. The zero-order valence-corrected chi connectivity index (χ0v) is 18.8. The fraction of sp³-hybridized carbons (Fsp3) is 0.360. The molecule has 1 heterocycles. The molecule has 1 aliphatic rings. The van der Waals surface area contributed by atoms with Gasteiger partial charge >= 0.3 is 0 Å². The molecule has 32 heavy (non-hydrogen) atoms. The largest absolute Gasteiger partial charge is 0.494 e. The van der Waals surface area contributed by atoms with E-state index in [0.29, 0.717) is 12.3 Å². The summed E-state index contributed by atoms with van der Waals surface area (Å²) in [6.45, 7) is 5.89. The molecular formula is C25H31N3O4. The molecule has 0 saturated carbocycles. The van der Waals surface area contributed by atoms with Gasteiger partial charge in [0, 0.05) is 37.6 Å². The van der Waals surface area contributed by atoms with Crippen LogP contribution in [-0.2, 0) is 14.3 Å². The number of carbonyl (C=O) groups is 2. The molecular weight excluding hydrogens is 406 g/mol. The molecule has 1 fully saturated rings. The van der Waals surface area contributed by atoms with Gasteiger partial charge in [0.2, 0.25) is 11.8 Å². The summed E-state index contributed by atoms with van der Waals surface area (Å²) in [4.78, 5) is 28.3. The van der Waals surface area contributed by atoms with E-state index in [2.05, 4.69) is 17.1 Å². The lowest BCUT2D eigenvalue weighted by Gasteiger charge is -2.28.